The fourth-order valence-corrected chi connectivity index (χ4v) is 3.49. The minimum absolute atomic E-state index is 0.439. The molecule has 0 bridgehead atoms. The molecule has 0 spiro atoms. The van der Waals surface area contributed by atoms with E-state index < -0.39 is 0 Å². The number of halogens is 1. The molecule has 0 amide bonds. The third-order valence-electron chi connectivity index (χ3n) is 4.69. The van der Waals surface area contributed by atoms with E-state index >= 15 is 0 Å². The molecule has 0 N–H and O–H groups in total. The van der Waals surface area contributed by atoms with Gasteiger partial charge in [-0.15, -0.1) is 0 Å². The topological polar surface area (TPSA) is 25.4 Å². The van der Waals surface area contributed by atoms with Gasteiger partial charge in [0.1, 0.15) is 23.7 Å². The smallest absolute Gasteiger partial charge is 0.146 e. The van der Waals surface area contributed by atoms with E-state index in [9.17, 15) is 0 Å². The van der Waals surface area contributed by atoms with E-state index in [1.807, 2.05) is 36.4 Å². The molecule has 25 heavy (non-hydrogen) atoms. The van der Waals surface area contributed by atoms with Crippen LogP contribution in [0.3, 0.4) is 0 Å². The standard InChI is InChI=1S/C21H21ClN2O/c22-18-9-3-2-7-17(18)15-25-19-10-6-8-16-11-12-20(23-21(16)19)24-13-4-1-5-14-24/h2-3,6-12H,1,4-5,13-15H2. The van der Waals surface area contributed by atoms with Crippen LogP contribution in [0.1, 0.15) is 24.8 Å². The number of pyridine rings is 1. The number of hydrogen-bond acceptors (Lipinski definition) is 3. The van der Waals surface area contributed by atoms with Crippen molar-refractivity contribution < 1.29 is 4.74 Å². The predicted molar refractivity (Wildman–Crippen MR) is 104 cm³/mol. The number of rotatable bonds is 4. The van der Waals surface area contributed by atoms with Gasteiger partial charge in [0.2, 0.25) is 0 Å². The fraction of sp³-hybridized carbons (Fsp3) is 0.286. The number of fused-ring (bicyclic) bond motifs is 1. The van der Waals surface area contributed by atoms with Crippen LogP contribution in [0.4, 0.5) is 5.82 Å². The van der Waals surface area contributed by atoms with E-state index in [-0.39, 0.29) is 0 Å². The van der Waals surface area contributed by atoms with Gasteiger partial charge in [-0.2, -0.15) is 0 Å². The second kappa shape index (κ2) is 7.32. The minimum Gasteiger partial charge on any atom is -0.487 e. The van der Waals surface area contributed by atoms with Crippen molar-refractivity contribution in [2.75, 3.05) is 18.0 Å². The molecule has 4 heteroatoms. The van der Waals surface area contributed by atoms with Gasteiger partial charge in [-0.1, -0.05) is 41.9 Å². The number of anilines is 1. The molecule has 0 saturated carbocycles. The lowest BCUT2D eigenvalue weighted by Crippen LogP contribution is -2.30. The summed E-state index contributed by atoms with van der Waals surface area (Å²) in [5, 5.41) is 1.82. The van der Waals surface area contributed by atoms with Crippen LogP contribution < -0.4 is 9.64 Å². The van der Waals surface area contributed by atoms with Crippen molar-refractivity contribution in [3.8, 4) is 5.75 Å². The van der Waals surface area contributed by atoms with Crippen LogP contribution in [-0.4, -0.2) is 18.1 Å². The quantitative estimate of drug-likeness (QED) is 0.623. The van der Waals surface area contributed by atoms with E-state index in [4.69, 9.17) is 21.3 Å². The highest BCUT2D eigenvalue weighted by Crippen LogP contribution is 2.28. The Hall–Kier alpha value is -2.26. The van der Waals surface area contributed by atoms with Gasteiger partial charge in [0.05, 0.1) is 0 Å². The van der Waals surface area contributed by atoms with Gasteiger partial charge in [-0.05, 0) is 43.5 Å². The van der Waals surface area contributed by atoms with E-state index in [1.54, 1.807) is 0 Å². The number of piperidine rings is 1. The molecule has 4 rings (SSSR count). The third-order valence-corrected chi connectivity index (χ3v) is 5.06. The summed E-state index contributed by atoms with van der Waals surface area (Å²) in [5.41, 5.74) is 1.89. The van der Waals surface area contributed by atoms with E-state index in [0.29, 0.717) is 6.61 Å². The Morgan fingerprint density at radius 2 is 1.76 bits per heavy atom. The maximum atomic E-state index is 6.23. The number of nitrogens with zero attached hydrogens (tertiary/aromatic N) is 2. The summed E-state index contributed by atoms with van der Waals surface area (Å²) in [5.74, 6) is 1.84. The van der Waals surface area contributed by atoms with Crippen LogP contribution in [0.2, 0.25) is 5.02 Å². The van der Waals surface area contributed by atoms with Gasteiger partial charge in [0, 0.05) is 29.1 Å². The van der Waals surface area contributed by atoms with Gasteiger partial charge in [-0.3, -0.25) is 0 Å². The van der Waals surface area contributed by atoms with Gasteiger partial charge in [0.25, 0.3) is 0 Å². The first-order valence-corrected chi connectivity index (χ1v) is 9.20. The lowest BCUT2D eigenvalue weighted by atomic mass is 10.1. The van der Waals surface area contributed by atoms with Crippen LogP contribution in [0, 0.1) is 0 Å². The van der Waals surface area contributed by atoms with E-state index in [1.165, 1.54) is 19.3 Å². The average Bonchev–Trinajstić information content (AvgIpc) is 2.67. The SMILES string of the molecule is Clc1ccccc1COc1cccc2ccc(N3CCCCC3)nc12. The van der Waals surface area contributed by atoms with Crippen LogP contribution in [0.15, 0.2) is 54.6 Å². The Morgan fingerprint density at radius 1 is 0.920 bits per heavy atom. The zero-order valence-corrected chi connectivity index (χ0v) is 14.9. The van der Waals surface area contributed by atoms with E-state index in [2.05, 4.69) is 23.1 Å². The Labute approximate surface area is 153 Å². The molecule has 1 aliphatic rings. The minimum atomic E-state index is 0.439. The summed E-state index contributed by atoms with van der Waals surface area (Å²) in [6.07, 6.45) is 3.80. The molecule has 0 radical (unpaired) electrons. The first-order chi connectivity index (χ1) is 12.3. The van der Waals surface area contributed by atoms with Gasteiger partial charge in [-0.25, -0.2) is 4.98 Å². The summed E-state index contributed by atoms with van der Waals surface area (Å²) in [6.45, 7) is 2.61. The summed E-state index contributed by atoms with van der Waals surface area (Å²) in [4.78, 5) is 7.27. The highest BCUT2D eigenvalue weighted by molar-refractivity contribution is 6.31. The van der Waals surface area contributed by atoms with Crippen molar-refractivity contribution in [3.05, 3.63) is 65.2 Å². The van der Waals surface area contributed by atoms with Crippen molar-refractivity contribution in [1.29, 1.82) is 0 Å². The third kappa shape index (κ3) is 3.57. The number of benzene rings is 2. The van der Waals surface area contributed by atoms with Crippen molar-refractivity contribution in [2.45, 2.75) is 25.9 Å². The van der Waals surface area contributed by atoms with Gasteiger partial charge in [0.15, 0.2) is 0 Å². The van der Waals surface area contributed by atoms with Crippen molar-refractivity contribution in [1.82, 2.24) is 4.98 Å². The summed E-state index contributed by atoms with van der Waals surface area (Å²) in [7, 11) is 0. The Kier molecular flexibility index (Phi) is 4.75. The predicted octanol–water partition coefficient (Wildman–Crippen LogP) is 5.46. The highest BCUT2D eigenvalue weighted by Gasteiger charge is 2.14. The van der Waals surface area contributed by atoms with Crippen LogP contribution in [0.5, 0.6) is 5.75 Å². The number of hydrogen-bond donors (Lipinski definition) is 0. The molecule has 3 nitrogen and oxygen atoms in total. The molecule has 0 unspecified atom stereocenters. The lowest BCUT2D eigenvalue weighted by molar-refractivity contribution is 0.309. The second-order valence-corrected chi connectivity index (χ2v) is 6.83. The molecular weight excluding hydrogens is 332 g/mol. The summed E-state index contributed by atoms with van der Waals surface area (Å²) < 4.78 is 6.06. The van der Waals surface area contributed by atoms with Crippen LogP contribution in [-0.2, 0) is 6.61 Å². The molecule has 0 atom stereocenters. The molecule has 2 heterocycles. The Bertz CT molecular complexity index is 875. The van der Waals surface area contributed by atoms with Crippen molar-refractivity contribution in [2.24, 2.45) is 0 Å². The molecule has 0 aliphatic carbocycles. The summed E-state index contributed by atoms with van der Waals surface area (Å²) in [6, 6.07) is 18.1. The monoisotopic (exact) mass is 352 g/mol. The zero-order valence-electron chi connectivity index (χ0n) is 14.1. The van der Waals surface area contributed by atoms with Gasteiger partial charge >= 0.3 is 0 Å². The zero-order chi connectivity index (χ0) is 17.1. The van der Waals surface area contributed by atoms with Crippen molar-refractivity contribution in [3.63, 3.8) is 0 Å². The normalized spacial score (nSPS) is 14.7. The molecule has 1 fully saturated rings. The van der Waals surface area contributed by atoms with E-state index in [0.717, 1.165) is 46.1 Å². The highest BCUT2D eigenvalue weighted by atomic mass is 35.5. The maximum Gasteiger partial charge on any atom is 0.146 e. The fourth-order valence-electron chi connectivity index (χ4n) is 3.30. The average molecular weight is 353 g/mol. The molecule has 128 valence electrons. The molecule has 1 saturated heterocycles. The number of para-hydroxylation sites is 1. The molecule has 2 aromatic carbocycles. The molecule has 1 aliphatic heterocycles. The Morgan fingerprint density at radius 3 is 2.60 bits per heavy atom. The van der Waals surface area contributed by atoms with Crippen LogP contribution >= 0.6 is 11.6 Å². The van der Waals surface area contributed by atoms with Crippen molar-refractivity contribution >= 4 is 28.3 Å². The lowest BCUT2D eigenvalue weighted by Gasteiger charge is -2.28. The number of aromatic nitrogens is 1. The summed E-state index contributed by atoms with van der Waals surface area (Å²) >= 11 is 6.23. The van der Waals surface area contributed by atoms with Crippen LogP contribution in [0.25, 0.3) is 10.9 Å². The first kappa shape index (κ1) is 16.2. The molecule has 3 aromatic rings. The first-order valence-electron chi connectivity index (χ1n) is 8.82. The van der Waals surface area contributed by atoms with Gasteiger partial charge < -0.3 is 9.64 Å². The Balaban J connectivity index is 1.62. The number of ether oxygens (including phenoxy) is 1. The second-order valence-electron chi connectivity index (χ2n) is 6.43. The maximum absolute atomic E-state index is 6.23. The largest absolute Gasteiger partial charge is 0.487 e. The molecular formula is C21H21ClN2O. The molecule has 1 aromatic heterocycles.